The minimum absolute atomic E-state index is 0.309. The van der Waals surface area contributed by atoms with Crippen LogP contribution in [0.1, 0.15) is 44.3 Å². The zero-order valence-corrected chi connectivity index (χ0v) is 10.3. The maximum Gasteiger partial charge on any atom is 0.159 e. The fourth-order valence-corrected chi connectivity index (χ4v) is 3.29. The van der Waals surface area contributed by atoms with E-state index in [0.29, 0.717) is 5.54 Å². The molecule has 0 atom stereocenters. The Labute approximate surface area is 102 Å². The maximum atomic E-state index is 5.15. The maximum absolute atomic E-state index is 5.15. The van der Waals surface area contributed by atoms with E-state index in [2.05, 4.69) is 22.2 Å². The van der Waals surface area contributed by atoms with Gasteiger partial charge in [-0.3, -0.25) is 4.90 Å². The molecule has 0 aromatic carbocycles. The Morgan fingerprint density at radius 1 is 1.18 bits per heavy atom. The van der Waals surface area contributed by atoms with E-state index >= 15 is 0 Å². The van der Waals surface area contributed by atoms with Crippen LogP contribution in [0.4, 0.5) is 0 Å². The van der Waals surface area contributed by atoms with Gasteiger partial charge in [-0.25, -0.2) is 0 Å². The minimum Gasteiger partial charge on any atom is -0.357 e. The Morgan fingerprint density at radius 2 is 1.94 bits per heavy atom. The van der Waals surface area contributed by atoms with E-state index in [1.54, 1.807) is 6.20 Å². The minimum atomic E-state index is 0.309. The van der Waals surface area contributed by atoms with Gasteiger partial charge < -0.3 is 4.52 Å². The van der Waals surface area contributed by atoms with E-state index in [-0.39, 0.29) is 0 Å². The van der Waals surface area contributed by atoms with Gasteiger partial charge in [-0.05, 0) is 44.8 Å². The molecule has 2 aliphatic heterocycles. The van der Waals surface area contributed by atoms with Crippen molar-refractivity contribution in [1.82, 2.24) is 10.1 Å². The highest BCUT2D eigenvalue weighted by atomic mass is 16.5. The molecule has 3 heteroatoms. The van der Waals surface area contributed by atoms with Crippen molar-refractivity contribution in [3.05, 3.63) is 24.1 Å². The second-order valence-electron chi connectivity index (χ2n) is 5.25. The summed E-state index contributed by atoms with van der Waals surface area (Å²) in [6, 6.07) is 1.92. The Balaban J connectivity index is 1.81. The summed E-state index contributed by atoms with van der Waals surface area (Å²) >= 11 is 0. The molecule has 0 bridgehead atoms. The Bertz CT molecular complexity index is 371. The molecule has 1 aromatic rings. The van der Waals surface area contributed by atoms with Crippen molar-refractivity contribution in [2.45, 2.75) is 44.1 Å². The molecule has 3 rings (SSSR count). The van der Waals surface area contributed by atoms with Gasteiger partial charge in [0.2, 0.25) is 0 Å². The van der Waals surface area contributed by atoms with Gasteiger partial charge in [0.15, 0.2) is 5.76 Å². The number of hydrogen-bond acceptors (Lipinski definition) is 3. The van der Waals surface area contributed by atoms with Crippen LogP contribution < -0.4 is 0 Å². The Kier molecular flexibility index (Phi) is 3.02. The summed E-state index contributed by atoms with van der Waals surface area (Å²) in [7, 11) is 0. The van der Waals surface area contributed by atoms with E-state index in [1.807, 2.05) is 6.07 Å². The summed E-state index contributed by atoms with van der Waals surface area (Å²) in [5.74, 6) is 0.871. The van der Waals surface area contributed by atoms with Gasteiger partial charge in [-0.2, -0.15) is 0 Å². The van der Waals surface area contributed by atoms with Gasteiger partial charge in [0.1, 0.15) is 0 Å². The lowest BCUT2D eigenvalue weighted by molar-refractivity contribution is 0.0499. The fourth-order valence-electron chi connectivity index (χ4n) is 3.29. The highest BCUT2D eigenvalue weighted by Gasteiger charge is 2.37. The highest BCUT2D eigenvalue weighted by molar-refractivity contribution is 5.44. The lowest BCUT2D eigenvalue weighted by atomic mass is 9.79. The molecule has 17 heavy (non-hydrogen) atoms. The van der Waals surface area contributed by atoms with Crippen molar-refractivity contribution in [3.63, 3.8) is 0 Å². The molecule has 1 aromatic heterocycles. The van der Waals surface area contributed by atoms with Gasteiger partial charge in [0.25, 0.3) is 0 Å². The van der Waals surface area contributed by atoms with Gasteiger partial charge in [0, 0.05) is 11.6 Å². The number of aromatic nitrogens is 1. The first-order chi connectivity index (χ1) is 8.39. The predicted molar refractivity (Wildman–Crippen MR) is 67.5 cm³/mol. The number of rotatable bonds is 2. The SMILES string of the molecule is C(=C\C12CCCCN1CCCC2)/c1ccno1. The number of nitrogens with zero attached hydrogens (tertiary/aromatic N) is 2. The molecular weight excluding hydrogens is 212 g/mol. The molecule has 0 N–H and O–H groups in total. The van der Waals surface area contributed by atoms with Crippen molar-refractivity contribution in [2.75, 3.05) is 13.1 Å². The summed E-state index contributed by atoms with van der Waals surface area (Å²) in [5.41, 5.74) is 0.309. The Hall–Kier alpha value is -1.09. The van der Waals surface area contributed by atoms with E-state index in [1.165, 1.54) is 51.6 Å². The molecule has 0 aliphatic carbocycles. The van der Waals surface area contributed by atoms with Crippen LogP contribution in [0.15, 0.2) is 22.9 Å². The Morgan fingerprint density at radius 3 is 2.59 bits per heavy atom. The molecule has 0 radical (unpaired) electrons. The second kappa shape index (κ2) is 4.65. The topological polar surface area (TPSA) is 29.3 Å². The van der Waals surface area contributed by atoms with Gasteiger partial charge >= 0.3 is 0 Å². The normalized spacial score (nSPS) is 24.9. The molecule has 0 saturated carbocycles. The number of piperidine rings is 2. The summed E-state index contributed by atoms with van der Waals surface area (Å²) in [6.45, 7) is 2.53. The molecule has 2 saturated heterocycles. The molecule has 3 nitrogen and oxygen atoms in total. The van der Waals surface area contributed by atoms with Crippen LogP contribution in [0, 0.1) is 0 Å². The van der Waals surface area contributed by atoms with Crippen molar-refractivity contribution >= 4 is 6.08 Å². The van der Waals surface area contributed by atoms with E-state index in [9.17, 15) is 0 Å². The zero-order valence-electron chi connectivity index (χ0n) is 10.3. The van der Waals surface area contributed by atoms with Crippen LogP contribution >= 0.6 is 0 Å². The molecule has 2 fully saturated rings. The van der Waals surface area contributed by atoms with Crippen LogP contribution in [0.2, 0.25) is 0 Å². The third kappa shape index (κ3) is 2.16. The molecule has 92 valence electrons. The summed E-state index contributed by atoms with van der Waals surface area (Å²) < 4.78 is 5.15. The smallest absolute Gasteiger partial charge is 0.159 e. The standard InChI is InChI=1S/C14H20N2O/c1-3-11-16-12-4-2-8-14(16,7-1)9-5-13-6-10-15-17-13/h5-6,9-10H,1-4,7-8,11-12H2/b9-5+. The highest BCUT2D eigenvalue weighted by Crippen LogP contribution is 2.37. The summed E-state index contributed by atoms with van der Waals surface area (Å²) in [5, 5.41) is 3.75. The molecule has 0 spiro atoms. The number of hydrogen-bond donors (Lipinski definition) is 0. The van der Waals surface area contributed by atoms with Gasteiger partial charge in [-0.1, -0.05) is 24.1 Å². The molecular formula is C14H20N2O. The van der Waals surface area contributed by atoms with Gasteiger partial charge in [0.05, 0.1) is 6.20 Å². The van der Waals surface area contributed by atoms with E-state index in [4.69, 9.17) is 4.52 Å². The molecule has 0 amide bonds. The van der Waals surface area contributed by atoms with Crippen LogP contribution in [0.5, 0.6) is 0 Å². The zero-order chi connectivity index (χ0) is 11.6. The van der Waals surface area contributed by atoms with Gasteiger partial charge in [-0.15, -0.1) is 0 Å². The molecule has 0 unspecified atom stereocenters. The average molecular weight is 232 g/mol. The first kappa shape index (κ1) is 11.0. The fraction of sp³-hybridized carbons (Fsp3) is 0.643. The summed E-state index contributed by atoms with van der Waals surface area (Å²) in [6.07, 6.45) is 14.2. The third-order valence-corrected chi connectivity index (χ3v) is 4.22. The lowest BCUT2D eigenvalue weighted by Gasteiger charge is -2.48. The monoisotopic (exact) mass is 232 g/mol. The largest absolute Gasteiger partial charge is 0.357 e. The quantitative estimate of drug-likeness (QED) is 0.784. The van der Waals surface area contributed by atoms with Crippen LogP contribution in [0.3, 0.4) is 0 Å². The van der Waals surface area contributed by atoms with Crippen molar-refractivity contribution in [1.29, 1.82) is 0 Å². The van der Waals surface area contributed by atoms with Crippen LogP contribution in [-0.4, -0.2) is 28.7 Å². The third-order valence-electron chi connectivity index (χ3n) is 4.22. The number of fused-ring (bicyclic) bond motifs is 1. The predicted octanol–water partition coefficient (Wildman–Crippen LogP) is 3.10. The van der Waals surface area contributed by atoms with E-state index < -0.39 is 0 Å². The first-order valence-corrected chi connectivity index (χ1v) is 6.74. The molecule has 3 heterocycles. The van der Waals surface area contributed by atoms with Crippen molar-refractivity contribution in [3.8, 4) is 0 Å². The average Bonchev–Trinajstić information content (AvgIpc) is 2.90. The second-order valence-corrected chi connectivity index (χ2v) is 5.25. The van der Waals surface area contributed by atoms with Crippen molar-refractivity contribution in [2.24, 2.45) is 0 Å². The summed E-state index contributed by atoms with van der Waals surface area (Å²) in [4.78, 5) is 2.67. The molecule has 2 aliphatic rings. The van der Waals surface area contributed by atoms with Crippen LogP contribution in [-0.2, 0) is 0 Å². The van der Waals surface area contributed by atoms with Crippen LogP contribution in [0.25, 0.3) is 6.08 Å². The first-order valence-electron chi connectivity index (χ1n) is 6.74. The lowest BCUT2D eigenvalue weighted by Crippen LogP contribution is -2.53. The van der Waals surface area contributed by atoms with E-state index in [0.717, 1.165) is 5.76 Å². The van der Waals surface area contributed by atoms with Crippen molar-refractivity contribution < 1.29 is 4.52 Å².